The third-order valence-electron chi connectivity index (χ3n) is 5.62. The Hall–Kier alpha value is -1.87. The van der Waals surface area contributed by atoms with E-state index in [-0.39, 0.29) is 29.4 Å². The number of aryl methyl sites for hydroxylation is 1. The van der Waals surface area contributed by atoms with Crippen molar-refractivity contribution in [2.45, 2.75) is 33.2 Å². The van der Waals surface area contributed by atoms with Crippen molar-refractivity contribution in [3.8, 4) is 0 Å². The monoisotopic (exact) mass is 411 g/mol. The van der Waals surface area contributed by atoms with E-state index >= 15 is 0 Å². The molecule has 0 N–H and O–H groups in total. The summed E-state index contributed by atoms with van der Waals surface area (Å²) in [6, 6.07) is 1.79. The molecule has 2 aliphatic heterocycles. The highest BCUT2D eigenvalue weighted by Gasteiger charge is 2.32. The molecule has 1 atom stereocenters. The first-order valence-corrected chi connectivity index (χ1v) is 11.6. The molecule has 0 spiro atoms. The molecule has 156 valence electrons. The van der Waals surface area contributed by atoms with Crippen molar-refractivity contribution in [2.75, 3.05) is 50.8 Å². The van der Waals surface area contributed by atoms with Crippen molar-refractivity contribution in [1.29, 1.82) is 0 Å². The molecular weight excluding hydrogens is 382 g/mol. The minimum Gasteiger partial charge on any atom is -0.450 e. The molecule has 2 fully saturated rings. The lowest BCUT2D eigenvalue weighted by atomic mass is 10.1. The number of nitrogens with zero attached hydrogens (tertiary/aromatic N) is 3. The van der Waals surface area contributed by atoms with Crippen molar-refractivity contribution in [1.82, 2.24) is 14.4 Å². The predicted octanol–water partition coefficient (Wildman–Crippen LogP) is 1.42. The standard InChI is InChI=1S/C19H29N3O5S/c1-4-27-19(24)21-8-6-20(7-9-21)12-18(23)17-11-14(2)22(15(17)3)16-5-10-28(25,26)13-16/h11,16H,4-10,12-13H2,1-3H3/t16-/m1/s1. The summed E-state index contributed by atoms with van der Waals surface area (Å²) in [4.78, 5) is 28.4. The molecule has 1 aromatic rings. The molecule has 3 heterocycles. The van der Waals surface area contributed by atoms with E-state index in [0.717, 1.165) is 11.4 Å². The van der Waals surface area contributed by atoms with Crippen molar-refractivity contribution in [3.63, 3.8) is 0 Å². The van der Waals surface area contributed by atoms with Crippen LogP contribution in [0.1, 0.15) is 41.1 Å². The third kappa shape index (κ3) is 4.41. The molecule has 0 bridgehead atoms. The van der Waals surface area contributed by atoms with Gasteiger partial charge in [0.15, 0.2) is 15.6 Å². The van der Waals surface area contributed by atoms with Gasteiger partial charge in [0.1, 0.15) is 0 Å². The van der Waals surface area contributed by atoms with Crippen LogP contribution >= 0.6 is 0 Å². The molecule has 9 heteroatoms. The molecule has 0 saturated carbocycles. The van der Waals surface area contributed by atoms with E-state index in [2.05, 4.69) is 0 Å². The van der Waals surface area contributed by atoms with Gasteiger partial charge in [0.25, 0.3) is 0 Å². The number of Topliss-reactive ketones (excluding diaryl/α,β-unsaturated/α-hetero) is 1. The van der Waals surface area contributed by atoms with Crippen LogP contribution < -0.4 is 0 Å². The molecule has 0 aliphatic carbocycles. The lowest BCUT2D eigenvalue weighted by Gasteiger charge is -2.33. The molecule has 1 amide bonds. The molecule has 2 aliphatic rings. The first kappa shape index (κ1) is 20.9. The first-order valence-electron chi connectivity index (χ1n) is 9.78. The van der Waals surface area contributed by atoms with Gasteiger partial charge in [0.2, 0.25) is 0 Å². The summed E-state index contributed by atoms with van der Waals surface area (Å²) in [6.45, 7) is 8.60. The van der Waals surface area contributed by atoms with Gasteiger partial charge in [0, 0.05) is 49.2 Å². The van der Waals surface area contributed by atoms with Gasteiger partial charge in [-0.25, -0.2) is 13.2 Å². The molecule has 3 rings (SSSR count). The Morgan fingerprint density at radius 1 is 1.18 bits per heavy atom. The SMILES string of the molecule is CCOC(=O)N1CCN(CC(=O)c2cc(C)n([C@@H]3CCS(=O)(=O)C3)c2C)CC1. The van der Waals surface area contributed by atoms with E-state index in [4.69, 9.17) is 4.74 Å². The Morgan fingerprint density at radius 3 is 2.43 bits per heavy atom. The second-order valence-electron chi connectivity index (χ2n) is 7.60. The van der Waals surface area contributed by atoms with E-state index < -0.39 is 9.84 Å². The molecule has 8 nitrogen and oxygen atoms in total. The van der Waals surface area contributed by atoms with Gasteiger partial charge in [-0.1, -0.05) is 0 Å². The number of carbonyl (C=O) groups excluding carboxylic acids is 2. The summed E-state index contributed by atoms with van der Waals surface area (Å²) < 4.78 is 30.7. The van der Waals surface area contributed by atoms with Crippen molar-refractivity contribution in [3.05, 3.63) is 23.0 Å². The van der Waals surface area contributed by atoms with Crippen LogP contribution in [0.5, 0.6) is 0 Å². The fourth-order valence-electron chi connectivity index (χ4n) is 4.19. The molecule has 1 aromatic heterocycles. The van der Waals surface area contributed by atoms with Gasteiger partial charge in [-0.2, -0.15) is 0 Å². The molecule has 2 saturated heterocycles. The molecule has 0 aromatic carbocycles. The summed E-state index contributed by atoms with van der Waals surface area (Å²) in [5, 5.41) is 0. The topological polar surface area (TPSA) is 88.9 Å². The molecule has 0 radical (unpaired) electrons. The second kappa shape index (κ2) is 8.24. The van der Waals surface area contributed by atoms with Gasteiger partial charge in [-0.15, -0.1) is 0 Å². The average Bonchev–Trinajstić information content (AvgIpc) is 3.14. The Kier molecular flexibility index (Phi) is 6.14. The maximum Gasteiger partial charge on any atom is 0.409 e. The van der Waals surface area contributed by atoms with Crippen LogP contribution in [0, 0.1) is 13.8 Å². The quantitative estimate of drug-likeness (QED) is 0.681. The summed E-state index contributed by atoms with van der Waals surface area (Å²) in [7, 11) is -2.98. The van der Waals surface area contributed by atoms with E-state index in [0.29, 0.717) is 51.3 Å². The lowest BCUT2D eigenvalue weighted by molar-refractivity contribution is 0.0733. The Balaban J connectivity index is 1.63. The summed E-state index contributed by atoms with van der Waals surface area (Å²) in [5.41, 5.74) is 2.43. The van der Waals surface area contributed by atoms with E-state index in [1.54, 1.807) is 11.8 Å². The van der Waals surface area contributed by atoms with Crippen LogP contribution in [0.2, 0.25) is 0 Å². The van der Waals surface area contributed by atoms with Gasteiger partial charge >= 0.3 is 6.09 Å². The summed E-state index contributed by atoms with van der Waals surface area (Å²) in [5.74, 6) is 0.389. The minimum absolute atomic E-state index is 0.0322. The number of sulfone groups is 1. The van der Waals surface area contributed by atoms with Crippen molar-refractivity contribution in [2.24, 2.45) is 0 Å². The summed E-state index contributed by atoms with van der Waals surface area (Å²) in [6.07, 6.45) is 0.297. The number of rotatable bonds is 5. The van der Waals surface area contributed by atoms with Crippen molar-refractivity contribution < 1.29 is 22.7 Å². The minimum atomic E-state index is -2.98. The van der Waals surface area contributed by atoms with Crippen LogP contribution in [0.25, 0.3) is 0 Å². The molecule has 0 unspecified atom stereocenters. The zero-order chi connectivity index (χ0) is 20.5. The lowest BCUT2D eigenvalue weighted by Crippen LogP contribution is -2.50. The number of amides is 1. The number of ether oxygens (including phenoxy) is 1. The first-order chi connectivity index (χ1) is 13.2. The van der Waals surface area contributed by atoms with Crippen LogP contribution in [0.3, 0.4) is 0 Å². The Morgan fingerprint density at radius 2 is 1.86 bits per heavy atom. The highest BCUT2D eigenvalue weighted by molar-refractivity contribution is 7.91. The van der Waals surface area contributed by atoms with Gasteiger partial charge in [0.05, 0.1) is 24.7 Å². The normalized spacial score (nSPS) is 22.4. The zero-order valence-corrected chi connectivity index (χ0v) is 17.6. The van der Waals surface area contributed by atoms with Gasteiger partial charge < -0.3 is 14.2 Å². The number of piperazine rings is 1. The average molecular weight is 412 g/mol. The maximum absolute atomic E-state index is 12.9. The van der Waals surface area contributed by atoms with E-state index in [1.165, 1.54) is 0 Å². The van der Waals surface area contributed by atoms with Crippen LogP contribution in [0.15, 0.2) is 6.07 Å². The molecular formula is C19H29N3O5S. The van der Waals surface area contributed by atoms with Crippen molar-refractivity contribution >= 4 is 21.7 Å². The third-order valence-corrected chi connectivity index (χ3v) is 7.37. The fourth-order valence-corrected chi connectivity index (χ4v) is 5.89. The van der Waals surface area contributed by atoms with E-state index in [9.17, 15) is 18.0 Å². The number of ketones is 1. The number of aromatic nitrogens is 1. The highest BCUT2D eigenvalue weighted by atomic mass is 32.2. The Bertz CT molecular complexity index is 853. The largest absolute Gasteiger partial charge is 0.450 e. The van der Waals surface area contributed by atoms with E-state index in [1.807, 2.05) is 29.4 Å². The zero-order valence-electron chi connectivity index (χ0n) is 16.8. The smallest absolute Gasteiger partial charge is 0.409 e. The van der Waals surface area contributed by atoms with Gasteiger partial charge in [-0.05, 0) is 33.3 Å². The number of hydrogen-bond acceptors (Lipinski definition) is 6. The maximum atomic E-state index is 12.9. The molecule has 28 heavy (non-hydrogen) atoms. The van der Waals surface area contributed by atoms with Crippen LogP contribution in [-0.2, 0) is 14.6 Å². The fraction of sp³-hybridized carbons (Fsp3) is 0.684. The Labute approximate surface area is 166 Å². The second-order valence-corrected chi connectivity index (χ2v) is 9.83. The highest BCUT2D eigenvalue weighted by Crippen LogP contribution is 2.29. The van der Waals surface area contributed by atoms with Crippen LogP contribution in [-0.4, -0.2) is 85.5 Å². The number of carbonyl (C=O) groups is 2. The number of hydrogen-bond donors (Lipinski definition) is 0. The van der Waals surface area contributed by atoms with Gasteiger partial charge in [-0.3, -0.25) is 9.69 Å². The predicted molar refractivity (Wildman–Crippen MR) is 106 cm³/mol. The van der Waals surface area contributed by atoms with Crippen LogP contribution in [0.4, 0.5) is 4.79 Å². The summed E-state index contributed by atoms with van der Waals surface area (Å²) >= 11 is 0.